The smallest absolute Gasteiger partial charge is 0.225 e. The summed E-state index contributed by atoms with van der Waals surface area (Å²) >= 11 is 0. The zero-order chi connectivity index (χ0) is 16.4. The third-order valence-electron chi connectivity index (χ3n) is 5.41. The van der Waals surface area contributed by atoms with Crippen molar-refractivity contribution in [2.45, 2.75) is 51.5 Å². The predicted octanol–water partition coefficient (Wildman–Crippen LogP) is 4.80. The number of amides is 1. The lowest BCUT2D eigenvalue weighted by Crippen LogP contribution is -2.36. The van der Waals surface area contributed by atoms with Gasteiger partial charge in [0.1, 0.15) is 11.5 Å². The Morgan fingerprint density at radius 2 is 1.83 bits per heavy atom. The van der Waals surface area contributed by atoms with Crippen molar-refractivity contribution in [3.05, 3.63) is 47.7 Å². The highest BCUT2D eigenvalue weighted by Gasteiger charge is 2.28. The van der Waals surface area contributed by atoms with Crippen molar-refractivity contribution in [1.82, 2.24) is 4.90 Å². The topological polar surface area (TPSA) is 33.5 Å². The first-order chi connectivity index (χ1) is 11.8. The highest BCUT2D eigenvalue weighted by molar-refractivity contribution is 5.79. The number of furan rings is 1. The van der Waals surface area contributed by atoms with Crippen LogP contribution in [-0.4, -0.2) is 17.4 Å². The molecule has 126 valence electrons. The Kier molecular flexibility index (Phi) is 4.42. The van der Waals surface area contributed by atoms with Crippen LogP contribution in [0.5, 0.6) is 0 Å². The van der Waals surface area contributed by atoms with Gasteiger partial charge in [0.15, 0.2) is 0 Å². The molecule has 0 spiro atoms. The molecule has 3 heteroatoms. The van der Waals surface area contributed by atoms with E-state index in [0.717, 1.165) is 49.3 Å². The normalized spacial score (nSPS) is 18.9. The van der Waals surface area contributed by atoms with E-state index < -0.39 is 0 Å². The summed E-state index contributed by atoms with van der Waals surface area (Å²) in [7, 11) is 0. The summed E-state index contributed by atoms with van der Waals surface area (Å²) in [5, 5.41) is 0. The summed E-state index contributed by atoms with van der Waals surface area (Å²) in [6, 6.07) is 12.4. The molecular formula is C21H25NO2. The molecule has 2 aromatic rings. The quantitative estimate of drug-likeness (QED) is 0.795. The van der Waals surface area contributed by atoms with E-state index in [1.165, 1.54) is 24.8 Å². The standard InChI is InChI=1S/C21H25NO2/c23-21(17-10-5-2-6-11-17)22-13-7-12-19-18(15-22)14-20(24-19)16-8-3-1-4-9-16/h1,3-4,8-9,14,17H,2,5-7,10-13,15H2. The molecule has 0 bridgehead atoms. The average molecular weight is 323 g/mol. The molecule has 1 aromatic heterocycles. The molecule has 4 rings (SSSR count). The Morgan fingerprint density at radius 1 is 1.04 bits per heavy atom. The second kappa shape index (κ2) is 6.84. The molecule has 0 N–H and O–H groups in total. The predicted molar refractivity (Wildman–Crippen MR) is 94.5 cm³/mol. The fourth-order valence-corrected chi connectivity index (χ4v) is 4.07. The minimum absolute atomic E-state index is 0.251. The number of benzene rings is 1. The van der Waals surface area contributed by atoms with E-state index in [2.05, 4.69) is 23.1 Å². The molecule has 1 amide bonds. The van der Waals surface area contributed by atoms with Crippen LogP contribution in [-0.2, 0) is 17.8 Å². The van der Waals surface area contributed by atoms with Gasteiger partial charge < -0.3 is 9.32 Å². The SMILES string of the molecule is O=C(C1CCCCC1)N1CCCc2oc(-c3ccccc3)cc2C1. The molecule has 1 aromatic carbocycles. The highest BCUT2D eigenvalue weighted by atomic mass is 16.3. The van der Waals surface area contributed by atoms with Gasteiger partial charge in [-0.1, -0.05) is 49.6 Å². The monoisotopic (exact) mass is 323 g/mol. The van der Waals surface area contributed by atoms with Crippen LogP contribution >= 0.6 is 0 Å². The van der Waals surface area contributed by atoms with E-state index >= 15 is 0 Å². The lowest BCUT2D eigenvalue weighted by atomic mass is 9.88. The summed E-state index contributed by atoms with van der Waals surface area (Å²) in [6.07, 6.45) is 7.77. The van der Waals surface area contributed by atoms with Gasteiger partial charge in [-0.2, -0.15) is 0 Å². The van der Waals surface area contributed by atoms with E-state index in [4.69, 9.17) is 4.42 Å². The van der Waals surface area contributed by atoms with E-state index in [1.807, 2.05) is 18.2 Å². The van der Waals surface area contributed by atoms with E-state index in [9.17, 15) is 4.79 Å². The Balaban J connectivity index is 1.54. The first-order valence-electron chi connectivity index (χ1n) is 9.27. The van der Waals surface area contributed by atoms with Crippen molar-refractivity contribution < 1.29 is 9.21 Å². The van der Waals surface area contributed by atoms with Gasteiger partial charge in [0, 0.05) is 36.6 Å². The molecule has 0 radical (unpaired) electrons. The lowest BCUT2D eigenvalue weighted by molar-refractivity contribution is -0.137. The van der Waals surface area contributed by atoms with Gasteiger partial charge in [0.2, 0.25) is 5.91 Å². The second-order valence-corrected chi connectivity index (χ2v) is 7.12. The molecule has 0 unspecified atom stereocenters. The number of rotatable bonds is 2. The third kappa shape index (κ3) is 3.12. The molecule has 2 aliphatic rings. The van der Waals surface area contributed by atoms with Gasteiger partial charge in [-0.25, -0.2) is 0 Å². The Labute approximate surface area is 143 Å². The number of fused-ring (bicyclic) bond motifs is 1. The van der Waals surface area contributed by atoms with Crippen LogP contribution in [0.4, 0.5) is 0 Å². The molecule has 0 saturated heterocycles. The van der Waals surface area contributed by atoms with Crippen LogP contribution in [0.3, 0.4) is 0 Å². The van der Waals surface area contributed by atoms with E-state index in [0.29, 0.717) is 12.5 Å². The molecular weight excluding hydrogens is 298 g/mol. The first-order valence-corrected chi connectivity index (χ1v) is 9.27. The average Bonchev–Trinajstić information content (AvgIpc) is 2.94. The third-order valence-corrected chi connectivity index (χ3v) is 5.41. The van der Waals surface area contributed by atoms with Crippen LogP contribution in [0, 0.1) is 5.92 Å². The molecule has 1 aliphatic carbocycles. The fraction of sp³-hybridized carbons (Fsp3) is 0.476. The minimum atomic E-state index is 0.251. The zero-order valence-electron chi connectivity index (χ0n) is 14.2. The minimum Gasteiger partial charge on any atom is -0.461 e. The fourth-order valence-electron chi connectivity index (χ4n) is 4.07. The summed E-state index contributed by atoms with van der Waals surface area (Å²) in [5.74, 6) is 2.60. The number of carbonyl (C=O) groups excluding carboxylic acids is 1. The molecule has 1 fully saturated rings. The van der Waals surface area contributed by atoms with Crippen molar-refractivity contribution in [3.63, 3.8) is 0 Å². The van der Waals surface area contributed by atoms with Crippen LogP contribution in [0.2, 0.25) is 0 Å². The first kappa shape index (κ1) is 15.5. The molecule has 3 nitrogen and oxygen atoms in total. The molecule has 1 aliphatic heterocycles. The largest absolute Gasteiger partial charge is 0.461 e. The molecule has 0 atom stereocenters. The number of hydrogen-bond donors (Lipinski definition) is 0. The Hall–Kier alpha value is -2.03. The zero-order valence-corrected chi connectivity index (χ0v) is 14.2. The Bertz CT molecular complexity index is 698. The maximum atomic E-state index is 12.9. The number of hydrogen-bond acceptors (Lipinski definition) is 2. The summed E-state index contributed by atoms with van der Waals surface area (Å²) < 4.78 is 6.11. The van der Waals surface area contributed by atoms with Crippen molar-refractivity contribution >= 4 is 5.91 Å². The molecule has 1 saturated carbocycles. The summed E-state index contributed by atoms with van der Waals surface area (Å²) in [6.45, 7) is 1.57. The van der Waals surface area contributed by atoms with Gasteiger partial charge in [0.05, 0.1) is 0 Å². The number of aryl methyl sites for hydroxylation is 1. The molecule has 2 heterocycles. The van der Waals surface area contributed by atoms with Crippen molar-refractivity contribution in [2.75, 3.05) is 6.54 Å². The van der Waals surface area contributed by atoms with Crippen molar-refractivity contribution in [3.8, 4) is 11.3 Å². The van der Waals surface area contributed by atoms with Gasteiger partial charge >= 0.3 is 0 Å². The Morgan fingerprint density at radius 3 is 2.62 bits per heavy atom. The maximum Gasteiger partial charge on any atom is 0.225 e. The number of carbonyl (C=O) groups is 1. The van der Waals surface area contributed by atoms with E-state index in [-0.39, 0.29) is 5.92 Å². The van der Waals surface area contributed by atoms with Gasteiger partial charge in [0.25, 0.3) is 0 Å². The van der Waals surface area contributed by atoms with Crippen LogP contribution < -0.4 is 0 Å². The van der Waals surface area contributed by atoms with Gasteiger partial charge in [-0.15, -0.1) is 0 Å². The van der Waals surface area contributed by atoms with Crippen molar-refractivity contribution in [2.24, 2.45) is 5.92 Å². The van der Waals surface area contributed by atoms with Crippen LogP contribution in [0.1, 0.15) is 49.8 Å². The number of nitrogens with zero attached hydrogens (tertiary/aromatic N) is 1. The van der Waals surface area contributed by atoms with E-state index in [1.54, 1.807) is 0 Å². The van der Waals surface area contributed by atoms with Crippen LogP contribution in [0.25, 0.3) is 11.3 Å². The summed E-state index contributed by atoms with van der Waals surface area (Å²) in [5.41, 5.74) is 2.30. The lowest BCUT2D eigenvalue weighted by Gasteiger charge is -2.28. The van der Waals surface area contributed by atoms with Gasteiger partial charge in [-0.3, -0.25) is 4.79 Å². The van der Waals surface area contributed by atoms with Crippen LogP contribution in [0.15, 0.2) is 40.8 Å². The van der Waals surface area contributed by atoms with Gasteiger partial charge in [-0.05, 0) is 25.3 Å². The highest BCUT2D eigenvalue weighted by Crippen LogP contribution is 2.31. The maximum absolute atomic E-state index is 12.9. The molecule has 24 heavy (non-hydrogen) atoms. The summed E-state index contributed by atoms with van der Waals surface area (Å²) in [4.78, 5) is 15.0. The second-order valence-electron chi connectivity index (χ2n) is 7.12. The van der Waals surface area contributed by atoms with Crippen molar-refractivity contribution in [1.29, 1.82) is 0 Å².